The SMILES string of the molecule is CN(CCc1cnccn1)c1cnc(C(=O)O)cn1. The Bertz CT molecular complexity index is 544. The van der Waals surface area contributed by atoms with Crippen LogP contribution in [-0.4, -0.2) is 44.6 Å². The average molecular weight is 259 g/mol. The molecule has 0 aliphatic rings. The van der Waals surface area contributed by atoms with Crippen molar-refractivity contribution in [2.45, 2.75) is 6.42 Å². The number of carboxylic acid groups (broad SMARTS) is 1. The molecule has 7 heteroatoms. The van der Waals surface area contributed by atoms with Gasteiger partial charge in [0.15, 0.2) is 5.69 Å². The van der Waals surface area contributed by atoms with Crippen LogP contribution in [0.1, 0.15) is 16.2 Å². The van der Waals surface area contributed by atoms with Crippen molar-refractivity contribution in [3.8, 4) is 0 Å². The molecule has 2 heterocycles. The Kier molecular flexibility index (Phi) is 3.97. The summed E-state index contributed by atoms with van der Waals surface area (Å²) in [6.07, 6.45) is 8.41. The molecular formula is C12H13N5O2. The number of likely N-dealkylation sites (N-methyl/N-ethyl adjacent to an activating group) is 1. The lowest BCUT2D eigenvalue weighted by Gasteiger charge is -2.17. The zero-order chi connectivity index (χ0) is 13.7. The summed E-state index contributed by atoms with van der Waals surface area (Å²) in [6, 6.07) is 0. The van der Waals surface area contributed by atoms with E-state index in [1.807, 2.05) is 11.9 Å². The van der Waals surface area contributed by atoms with E-state index in [1.165, 1.54) is 12.4 Å². The number of nitrogens with zero attached hydrogens (tertiary/aromatic N) is 5. The Balaban J connectivity index is 1.96. The Labute approximate surface area is 110 Å². The predicted octanol–water partition coefficient (Wildman–Crippen LogP) is 0.644. The van der Waals surface area contributed by atoms with Crippen LogP contribution in [0.25, 0.3) is 0 Å². The van der Waals surface area contributed by atoms with Crippen molar-refractivity contribution in [1.29, 1.82) is 0 Å². The topological polar surface area (TPSA) is 92.1 Å². The van der Waals surface area contributed by atoms with Crippen molar-refractivity contribution in [1.82, 2.24) is 19.9 Å². The molecular weight excluding hydrogens is 246 g/mol. The second-order valence-corrected chi connectivity index (χ2v) is 3.93. The number of carboxylic acids is 1. The van der Waals surface area contributed by atoms with Crippen molar-refractivity contribution in [2.24, 2.45) is 0 Å². The molecule has 0 radical (unpaired) electrons. The Morgan fingerprint density at radius 3 is 2.63 bits per heavy atom. The smallest absolute Gasteiger partial charge is 0.356 e. The molecule has 0 aliphatic heterocycles. The quantitative estimate of drug-likeness (QED) is 0.842. The lowest BCUT2D eigenvalue weighted by molar-refractivity contribution is 0.0690. The molecule has 7 nitrogen and oxygen atoms in total. The van der Waals surface area contributed by atoms with Gasteiger partial charge in [0.2, 0.25) is 0 Å². The minimum atomic E-state index is -1.08. The van der Waals surface area contributed by atoms with Crippen LogP contribution in [0.15, 0.2) is 31.0 Å². The summed E-state index contributed by atoms with van der Waals surface area (Å²) in [7, 11) is 1.86. The van der Waals surface area contributed by atoms with Gasteiger partial charge in [0, 0.05) is 38.6 Å². The first-order valence-electron chi connectivity index (χ1n) is 5.68. The Morgan fingerprint density at radius 1 is 1.21 bits per heavy atom. The number of carbonyl (C=O) groups is 1. The van der Waals surface area contributed by atoms with Crippen LogP contribution in [0.2, 0.25) is 0 Å². The van der Waals surface area contributed by atoms with Gasteiger partial charge in [0.05, 0.1) is 18.1 Å². The summed E-state index contributed by atoms with van der Waals surface area (Å²) >= 11 is 0. The fraction of sp³-hybridized carbons (Fsp3) is 0.250. The lowest BCUT2D eigenvalue weighted by atomic mass is 10.3. The highest BCUT2D eigenvalue weighted by atomic mass is 16.4. The van der Waals surface area contributed by atoms with Gasteiger partial charge in [0.1, 0.15) is 5.82 Å². The summed E-state index contributed by atoms with van der Waals surface area (Å²) in [5.74, 6) is -0.463. The van der Waals surface area contributed by atoms with Gasteiger partial charge in [-0.15, -0.1) is 0 Å². The van der Waals surface area contributed by atoms with E-state index in [9.17, 15) is 4.79 Å². The Hall–Kier alpha value is -2.57. The van der Waals surface area contributed by atoms with Crippen LogP contribution >= 0.6 is 0 Å². The van der Waals surface area contributed by atoms with E-state index in [4.69, 9.17) is 5.11 Å². The van der Waals surface area contributed by atoms with E-state index in [0.717, 1.165) is 12.1 Å². The zero-order valence-electron chi connectivity index (χ0n) is 10.4. The van der Waals surface area contributed by atoms with Crippen LogP contribution in [0.4, 0.5) is 5.82 Å². The molecule has 0 atom stereocenters. The first kappa shape index (κ1) is 12.9. The van der Waals surface area contributed by atoms with E-state index in [1.54, 1.807) is 18.6 Å². The molecule has 2 aromatic heterocycles. The predicted molar refractivity (Wildman–Crippen MR) is 68.0 cm³/mol. The lowest BCUT2D eigenvalue weighted by Crippen LogP contribution is -2.22. The van der Waals surface area contributed by atoms with Gasteiger partial charge in [-0.25, -0.2) is 14.8 Å². The molecule has 1 N–H and O–H groups in total. The van der Waals surface area contributed by atoms with Gasteiger partial charge in [0.25, 0.3) is 0 Å². The van der Waals surface area contributed by atoms with Crippen LogP contribution in [0.3, 0.4) is 0 Å². The number of hydrogen-bond acceptors (Lipinski definition) is 6. The standard InChI is InChI=1S/C12H13N5O2/c1-17(5-2-9-6-13-3-4-14-9)11-8-15-10(7-16-11)12(18)19/h3-4,6-8H,2,5H2,1H3,(H,18,19). The summed E-state index contributed by atoms with van der Waals surface area (Å²) in [4.78, 5) is 28.6. The van der Waals surface area contributed by atoms with Crippen molar-refractivity contribution < 1.29 is 9.90 Å². The molecule has 0 saturated carbocycles. The number of aromatic carboxylic acids is 1. The molecule has 0 spiro atoms. The van der Waals surface area contributed by atoms with E-state index in [-0.39, 0.29) is 5.69 Å². The third kappa shape index (κ3) is 3.44. The van der Waals surface area contributed by atoms with Gasteiger partial charge in [-0.05, 0) is 0 Å². The van der Waals surface area contributed by atoms with Crippen LogP contribution in [0.5, 0.6) is 0 Å². The molecule has 0 bridgehead atoms. The maximum atomic E-state index is 10.7. The summed E-state index contributed by atoms with van der Waals surface area (Å²) in [5, 5.41) is 8.74. The molecule has 2 aromatic rings. The molecule has 19 heavy (non-hydrogen) atoms. The minimum Gasteiger partial charge on any atom is -0.476 e. The van der Waals surface area contributed by atoms with Crippen molar-refractivity contribution in [3.63, 3.8) is 0 Å². The van der Waals surface area contributed by atoms with Gasteiger partial charge in [-0.2, -0.15) is 0 Å². The molecule has 0 fully saturated rings. The Morgan fingerprint density at radius 2 is 2.05 bits per heavy atom. The summed E-state index contributed by atoms with van der Waals surface area (Å²) < 4.78 is 0. The van der Waals surface area contributed by atoms with Gasteiger partial charge in [-0.3, -0.25) is 9.97 Å². The van der Waals surface area contributed by atoms with E-state index < -0.39 is 5.97 Å². The number of aromatic nitrogens is 4. The molecule has 98 valence electrons. The van der Waals surface area contributed by atoms with Gasteiger partial charge >= 0.3 is 5.97 Å². The van der Waals surface area contributed by atoms with Crippen molar-refractivity contribution in [3.05, 3.63) is 42.4 Å². The maximum absolute atomic E-state index is 10.7. The highest BCUT2D eigenvalue weighted by molar-refractivity contribution is 5.84. The third-order valence-electron chi connectivity index (χ3n) is 2.57. The first-order valence-corrected chi connectivity index (χ1v) is 5.68. The molecule has 2 rings (SSSR count). The number of hydrogen-bond donors (Lipinski definition) is 1. The van der Waals surface area contributed by atoms with Gasteiger partial charge in [-0.1, -0.05) is 0 Å². The van der Waals surface area contributed by atoms with Crippen molar-refractivity contribution >= 4 is 11.8 Å². The van der Waals surface area contributed by atoms with Crippen molar-refractivity contribution in [2.75, 3.05) is 18.5 Å². The van der Waals surface area contributed by atoms with Crippen LogP contribution in [-0.2, 0) is 6.42 Å². The van der Waals surface area contributed by atoms with Crippen LogP contribution < -0.4 is 4.90 Å². The molecule has 0 saturated heterocycles. The minimum absolute atomic E-state index is 0.0638. The fourth-order valence-electron chi connectivity index (χ4n) is 1.48. The number of anilines is 1. The number of rotatable bonds is 5. The average Bonchev–Trinajstić information content (AvgIpc) is 2.46. The van der Waals surface area contributed by atoms with E-state index in [0.29, 0.717) is 12.4 Å². The van der Waals surface area contributed by atoms with Crippen LogP contribution in [0, 0.1) is 0 Å². The zero-order valence-corrected chi connectivity index (χ0v) is 10.4. The summed E-state index contributed by atoms with van der Waals surface area (Å²) in [6.45, 7) is 0.694. The summed E-state index contributed by atoms with van der Waals surface area (Å²) in [5.41, 5.74) is 0.829. The first-order chi connectivity index (χ1) is 9.16. The highest BCUT2D eigenvalue weighted by Crippen LogP contribution is 2.07. The largest absolute Gasteiger partial charge is 0.476 e. The third-order valence-corrected chi connectivity index (χ3v) is 2.57. The van der Waals surface area contributed by atoms with E-state index in [2.05, 4.69) is 19.9 Å². The molecule has 0 aliphatic carbocycles. The second-order valence-electron chi connectivity index (χ2n) is 3.93. The van der Waals surface area contributed by atoms with Gasteiger partial charge < -0.3 is 10.0 Å². The second kappa shape index (κ2) is 5.85. The maximum Gasteiger partial charge on any atom is 0.356 e. The molecule has 0 amide bonds. The fourth-order valence-corrected chi connectivity index (χ4v) is 1.48. The monoisotopic (exact) mass is 259 g/mol. The molecule has 0 unspecified atom stereocenters. The normalized spacial score (nSPS) is 10.2. The highest BCUT2D eigenvalue weighted by Gasteiger charge is 2.07. The van der Waals surface area contributed by atoms with E-state index >= 15 is 0 Å². The molecule has 0 aromatic carbocycles.